The number of halogens is 1. The lowest BCUT2D eigenvalue weighted by Crippen LogP contribution is -2.32. The number of carbonyl (C=O) groups excluding carboxylic acids is 2. The zero-order chi connectivity index (χ0) is 16.8. The van der Waals surface area contributed by atoms with E-state index >= 15 is 0 Å². The van der Waals surface area contributed by atoms with E-state index in [1.54, 1.807) is 30.3 Å². The van der Waals surface area contributed by atoms with Crippen molar-refractivity contribution in [1.82, 2.24) is 10.3 Å². The molecule has 2 amide bonds. The molecule has 5 nitrogen and oxygen atoms in total. The van der Waals surface area contributed by atoms with Crippen LogP contribution in [0.1, 0.15) is 41.2 Å². The molecule has 0 aliphatic rings. The molecule has 0 fully saturated rings. The molecule has 0 bridgehead atoms. The van der Waals surface area contributed by atoms with Crippen LogP contribution in [0.25, 0.3) is 0 Å². The molecule has 2 N–H and O–H groups in total. The van der Waals surface area contributed by atoms with Gasteiger partial charge in [-0.25, -0.2) is 4.98 Å². The van der Waals surface area contributed by atoms with Gasteiger partial charge in [0.05, 0.1) is 0 Å². The highest BCUT2D eigenvalue weighted by atomic mass is 79.9. The molecule has 1 aromatic heterocycles. The Kier molecular flexibility index (Phi) is 5.87. The molecule has 6 heteroatoms. The maximum absolute atomic E-state index is 12.2. The number of amides is 2. The van der Waals surface area contributed by atoms with Gasteiger partial charge in [-0.05, 0) is 49.7 Å². The number of pyridine rings is 1. The number of nitrogens with one attached hydrogen (secondary N) is 2. The third-order valence-corrected chi connectivity index (χ3v) is 3.83. The van der Waals surface area contributed by atoms with E-state index in [4.69, 9.17) is 0 Å². The average Bonchev–Trinajstić information content (AvgIpc) is 2.56. The van der Waals surface area contributed by atoms with Crippen molar-refractivity contribution in [2.24, 2.45) is 0 Å². The largest absolute Gasteiger partial charge is 0.348 e. The van der Waals surface area contributed by atoms with Crippen LogP contribution in [0.3, 0.4) is 0 Å². The topological polar surface area (TPSA) is 71.1 Å². The minimum Gasteiger partial charge on any atom is -0.348 e. The quantitative estimate of drug-likeness (QED) is 0.837. The molecule has 23 heavy (non-hydrogen) atoms. The zero-order valence-corrected chi connectivity index (χ0v) is 14.6. The fourth-order valence-electron chi connectivity index (χ4n) is 1.82. The van der Waals surface area contributed by atoms with Gasteiger partial charge >= 0.3 is 0 Å². The Morgan fingerprint density at radius 3 is 2.30 bits per heavy atom. The second kappa shape index (κ2) is 7.87. The molecular formula is C17H18BrN3O2. The van der Waals surface area contributed by atoms with Crippen molar-refractivity contribution in [2.75, 3.05) is 5.32 Å². The number of aromatic nitrogens is 1. The Morgan fingerprint density at radius 1 is 1.09 bits per heavy atom. The number of nitrogens with zero attached hydrogens (tertiary/aromatic N) is 1. The van der Waals surface area contributed by atoms with Crippen LogP contribution in [0.2, 0.25) is 0 Å². The minimum absolute atomic E-state index is 0.0598. The highest BCUT2D eigenvalue weighted by molar-refractivity contribution is 9.10. The summed E-state index contributed by atoms with van der Waals surface area (Å²) < 4.78 is 0.928. The van der Waals surface area contributed by atoms with Crippen LogP contribution < -0.4 is 10.6 Å². The van der Waals surface area contributed by atoms with Gasteiger partial charge in [0.25, 0.3) is 11.8 Å². The van der Waals surface area contributed by atoms with E-state index in [0.717, 1.165) is 10.9 Å². The van der Waals surface area contributed by atoms with E-state index in [1.165, 1.54) is 0 Å². The number of hydrogen-bond acceptors (Lipinski definition) is 3. The summed E-state index contributed by atoms with van der Waals surface area (Å²) in [5, 5.41) is 5.58. The van der Waals surface area contributed by atoms with Gasteiger partial charge in [-0.15, -0.1) is 0 Å². The number of anilines is 1. The molecule has 2 rings (SSSR count). The Hall–Kier alpha value is -2.21. The summed E-state index contributed by atoms with van der Waals surface area (Å²) in [7, 11) is 0. The normalized spacial score (nSPS) is 11.6. The van der Waals surface area contributed by atoms with Gasteiger partial charge in [0.1, 0.15) is 11.4 Å². The molecule has 0 aliphatic carbocycles. The first-order valence-electron chi connectivity index (χ1n) is 7.34. The fraction of sp³-hybridized carbons (Fsp3) is 0.235. The van der Waals surface area contributed by atoms with E-state index in [1.807, 2.05) is 26.0 Å². The number of benzene rings is 1. The second-order valence-electron chi connectivity index (χ2n) is 5.15. The Labute approximate surface area is 143 Å². The van der Waals surface area contributed by atoms with Crippen molar-refractivity contribution in [3.8, 4) is 0 Å². The van der Waals surface area contributed by atoms with Crippen LogP contribution in [-0.4, -0.2) is 22.8 Å². The monoisotopic (exact) mass is 375 g/mol. The van der Waals surface area contributed by atoms with Crippen molar-refractivity contribution in [2.45, 2.75) is 26.3 Å². The van der Waals surface area contributed by atoms with Gasteiger partial charge in [0.15, 0.2) is 0 Å². The first kappa shape index (κ1) is 17.1. The van der Waals surface area contributed by atoms with Crippen LogP contribution in [0, 0.1) is 0 Å². The van der Waals surface area contributed by atoms with Crippen LogP contribution in [-0.2, 0) is 0 Å². The molecular weight excluding hydrogens is 358 g/mol. The lowest BCUT2D eigenvalue weighted by atomic mass is 10.2. The van der Waals surface area contributed by atoms with Gasteiger partial charge in [-0.2, -0.15) is 0 Å². The van der Waals surface area contributed by atoms with E-state index in [0.29, 0.717) is 5.69 Å². The smallest absolute Gasteiger partial charge is 0.274 e. The lowest BCUT2D eigenvalue weighted by molar-refractivity contribution is 0.0934. The maximum atomic E-state index is 12.2. The molecule has 0 aliphatic heterocycles. The first-order valence-corrected chi connectivity index (χ1v) is 8.13. The SMILES string of the molecule is CCC(C)NC(=O)c1cccc(C(=O)Nc2ccc(Br)cc2)n1. The van der Waals surface area contributed by atoms with Gasteiger partial charge in [0, 0.05) is 16.2 Å². The Balaban J connectivity index is 2.10. The molecule has 0 radical (unpaired) electrons. The Morgan fingerprint density at radius 2 is 1.70 bits per heavy atom. The molecule has 1 aromatic carbocycles. The van der Waals surface area contributed by atoms with Crippen molar-refractivity contribution in [3.63, 3.8) is 0 Å². The van der Waals surface area contributed by atoms with Gasteiger partial charge in [-0.1, -0.05) is 28.9 Å². The van der Waals surface area contributed by atoms with E-state index in [9.17, 15) is 9.59 Å². The van der Waals surface area contributed by atoms with Crippen molar-refractivity contribution in [1.29, 1.82) is 0 Å². The van der Waals surface area contributed by atoms with Crippen molar-refractivity contribution < 1.29 is 9.59 Å². The van der Waals surface area contributed by atoms with Crippen LogP contribution in [0.15, 0.2) is 46.9 Å². The highest BCUT2D eigenvalue weighted by Crippen LogP contribution is 2.15. The van der Waals surface area contributed by atoms with Crippen LogP contribution in [0.5, 0.6) is 0 Å². The van der Waals surface area contributed by atoms with Crippen molar-refractivity contribution >= 4 is 33.4 Å². The Bertz CT molecular complexity index is 701. The third kappa shape index (κ3) is 4.89. The molecule has 1 heterocycles. The number of hydrogen-bond donors (Lipinski definition) is 2. The van der Waals surface area contributed by atoms with E-state index in [2.05, 4.69) is 31.5 Å². The van der Waals surface area contributed by atoms with Gasteiger partial charge < -0.3 is 10.6 Å². The molecule has 1 unspecified atom stereocenters. The minimum atomic E-state index is -0.356. The van der Waals surface area contributed by atoms with E-state index in [-0.39, 0.29) is 29.2 Å². The summed E-state index contributed by atoms with van der Waals surface area (Å²) in [4.78, 5) is 28.4. The molecule has 2 aromatic rings. The summed E-state index contributed by atoms with van der Waals surface area (Å²) in [6.45, 7) is 3.91. The standard InChI is InChI=1S/C17H18BrN3O2/c1-3-11(2)19-16(22)14-5-4-6-15(21-14)17(23)20-13-9-7-12(18)8-10-13/h4-11H,3H2,1-2H3,(H,19,22)(H,20,23). The van der Waals surface area contributed by atoms with Gasteiger partial charge in [0.2, 0.25) is 0 Å². The second-order valence-corrected chi connectivity index (χ2v) is 6.07. The summed E-state index contributed by atoms with van der Waals surface area (Å²) in [6, 6.07) is 12.1. The fourth-order valence-corrected chi connectivity index (χ4v) is 2.08. The van der Waals surface area contributed by atoms with Crippen LogP contribution in [0.4, 0.5) is 5.69 Å². The van der Waals surface area contributed by atoms with Crippen LogP contribution >= 0.6 is 15.9 Å². The molecule has 120 valence electrons. The average molecular weight is 376 g/mol. The van der Waals surface area contributed by atoms with E-state index < -0.39 is 0 Å². The summed E-state index contributed by atoms with van der Waals surface area (Å²) in [5.41, 5.74) is 1.09. The summed E-state index contributed by atoms with van der Waals surface area (Å²) in [5.74, 6) is -0.636. The molecule has 1 atom stereocenters. The summed E-state index contributed by atoms with van der Waals surface area (Å²) in [6.07, 6.45) is 0.829. The molecule has 0 saturated carbocycles. The van der Waals surface area contributed by atoms with Crippen molar-refractivity contribution in [3.05, 3.63) is 58.3 Å². The number of carbonyl (C=O) groups is 2. The maximum Gasteiger partial charge on any atom is 0.274 e. The van der Waals surface area contributed by atoms with Gasteiger partial charge in [-0.3, -0.25) is 9.59 Å². The predicted molar refractivity (Wildman–Crippen MR) is 93.6 cm³/mol. The zero-order valence-electron chi connectivity index (χ0n) is 13.0. The molecule has 0 spiro atoms. The third-order valence-electron chi connectivity index (χ3n) is 3.31. The first-order chi connectivity index (χ1) is 11.0. The number of rotatable bonds is 5. The summed E-state index contributed by atoms with van der Waals surface area (Å²) >= 11 is 3.34. The highest BCUT2D eigenvalue weighted by Gasteiger charge is 2.13. The predicted octanol–water partition coefficient (Wildman–Crippen LogP) is 3.62. The lowest BCUT2D eigenvalue weighted by Gasteiger charge is -2.11. The molecule has 0 saturated heterocycles.